The number of aryl methyl sites for hydroxylation is 1. The van der Waals surface area contributed by atoms with Crippen LogP contribution in [0.2, 0.25) is 0 Å². The summed E-state index contributed by atoms with van der Waals surface area (Å²) in [5.41, 5.74) is 6.94. The molecule has 0 atom stereocenters. The third kappa shape index (κ3) is 2.47. The Labute approximate surface area is 106 Å². The van der Waals surface area contributed by atoms with E-state index < -0.39 is 5.54 Å². The molecule has 0 amide bonds. The quantitative estimate of drug-likeness (QED) is 0.738. The largest absolute Gasteiger partial charge is 0.396 e. The number of nitrogens with two attached hydrogens (primary N) is 1. The molecule has 5 nitrogen and oxygen atoms in total. The van der Waals surface area contributed by atoms with Crippen LogP contribution in [0, 0.1) is 6.92 Å². The Kier molecular flexibility index (Phi) is 3.82. The minimum Gasteiger partial charge on any atom is -0.396 e. The number of hydrogen-bond acceptors (Lipinski definition) is 4. The highest BCUT2D eigenvalue weighted by Gasteiger charge is 2.32. The van der Waals surface area contributed by atoms with Gasteiger partial charge in [-0.3, -0.25) is 4.79 Å². The number of aromatic amines is 1. The molecule has 1 aromatic rings. The maximum absolute atomic E-state index is 12.0. The van der Waals surface area contributed by atoms with Gasteiger partial charge in [-0.15, -0.1) is 0 Å². The maximum Gasteiger partial charge on any atom is 0.254 e. The van der Waals surface area contributed by atoms with E-state index in [1.165, 1.54) is 6.42 Å². The molecular formula is C13H21N3O2. The van der Waals surface area contributed by atoms with Crippen molar-refractivity contribution in [2.45, 2.75) is 51.0 Å². The number of rotatable bonds is 3. The van der Waals surface area contributed by atoms with E-state index in [9.17, 15) is 4.79 Å². The molecule has 1 heterocycles. The zero-order valence-corrected chi connectivity index (χ0v) is 10.8. The first-order chi connectivity index (χ1) is 8.57. The van der Waals surface area contributed by atoms with Crippen molar-refractivity contribution in [1.82, 2.24) is 9.97 Å². The first-order valence-corrected chi connectivity index (χ1v) is 6.57. The molecule has 1 aliphatic rings. The number of nitrogens with one attached hydrogen (secondary N) is 1. The van der Waals surface area contributed by atoms with Crippen molar-refractivity contribution < 1.29 is 5.11 Å². The third-order valence-electron chi connectivity index (χ3n) is 3.80. The van der Waals surface area contributed by atoms with Crippen LogP contribution in [0.3, 0.4) is 0 Å². The van der Waals surface area contributed by atoms with E-state index in [1.807, 2.05) is 0 Å². The Morgan fingerprint density at radius 2 is 2.06 bits per heavy atom. The molecule has 0 aromatic carbocycles. The van der Waals surface area contributed by atoms with Crippen molar-refractivity contribution in [2.24, 2.45) is 5.73 Å². The average Bonchev–Trinajstić information content (AvgIpc) is 2.34. The predicted octanol–water partition coefficient (Wildman–Crippen LogP) is 0.731. The van der Waals surface area contributed by atoms with E-state index in [2.05, 4.69) is 9.97 Å². The van der Waals surface area contributed by atoms with Crippen molar-refractivity contribution in [3.8, 4) is 0 Å². The molecule has 1 saturated carbocycles. The molecule has 0 radical (unpaired) electrons. The first kappa shape index (κ1) is 13.2. The molecule has 0 saturated heterocycles. The Morgan fingerprint density at radius 1 is 1.39 bits per heavy atom. The summed E-state index contributed by atoms with van der Waals surface area (Å²) in [6.07, 6.45) is 5.44. The fraction of sp³-hybridized carbons (Fsp3) is 0.692. The lowest BCUT2D eigenvalue weighted by molar-refractivity contribution is 0.284. The predicted molar refractivity (Wildman–Crippen MR) is 69.3 cm³/mol. The molecule has 0 spiro atoms. The Bertz CT molecular complexity index is 476. The lowest BCUT2D eigenvalue weighted by atomic mass is 9.82. The molecule has 4 N–H and O–H groups in total. The molecule has 2 rings (SSSR count). The highest BCUT2D eigenvalue weighted by Crippen LogP contribution is 2.32. The van der Waals surface area contributed by atoms with Crippen LogP contribution in [0.4, 0.5) is 0 Å². The Balaban J connectivity index is 2.38. The molecule has 1 aliphatic carbocycles. The van der Waals surface area contributed by atoms with Crippen molar-refractivity contribution in [1.29, 1.82) is 0 Å². The van der Waals surface area contributed by atoms with E-state index in [0.717, 1.165) is 25.7 Å². The summed E-state index contributed by atoms with van der Waals surface area (Å²) < 4.78 is 0. The zero-order chi connectivity index (χ0) is 13.2. The van der Waals surface area contributed by atoms with Crippen LogP contribution in [0.1, 0.15) is 49.2 Å². The van der Waals surface area contributed by atoms with Crippen LogP contribution in [-0.4, -0.2) is 21.7 Å². The zero-order valence-electron chi connectivity index (χ0n) is 10.8. The standard InChI is InChI=1S/C13H21N3O2/c1-9-10(5-8-17)11(18)16-12(15-9)13(14)6-3-2-4-7-13/h17H,2-8,14H2,1H3,(H,15,16,18). The molecule has 1 aromatic heterocycles. The highest BCUT2D eigenvalue weighted by molar-refractivity contribution is 5.19. The van der Waals surface area contributed by atoms with Crippen molar-refractivity contribution >= 4 is 0 Å². The van der Waals surface area contributed by atoms with Gasteiger partial charge in [0.1, 0.15) is 5.82 Å². The van der Waals surface area contributed by atoms with Gasteiger partial charge >= 0.3 is 0 Å². The molecular weight excluding hydrogens is 230 g/mol. The molecule has 0 unspecified atom stereocenters. The SMILES string of the molecule is Cc1nc(C2(N)CCCCC2)[nH]c(=O)c1CCO. The van der Waals surface area contributed by atoms with Crippen LogP contribution >= 0.6 is 0 Å². The smallest absolute Gasteiger partial charge is 0.254 e. The van der Waals surface area contributed by atoms with Crippen LogP contribution < -0.4 is 11.3 Å². The number of hydrogen-bond donors (Lipinski definition) is 3. The fourth-order valence-electron chi connectivity index (χ4n) is 2.67. The second kappa shape index (κ2) is 5.20. The van der Waals surface area contributed by atoms with Gasteiger partial charge in [-0.25, -0.2) is 4.98 Å². The second-order valence-electron chi connectivity index (χ2n) is 5.17. The number of aliphatic hydroxyl groups is 1. The van der Waals surface area contributed by atoms with Gasteiger partial charge in [0.05, 0.1) is 5.54 Å². The summed E-state index contributed by atoms with van der Waals surface area (Å²) in [5.74, 6) is 0.603. The van der Waals surface area contributed by atoms with Crippen molar-refractivity contribution in [2.75, 3.05) is 6.61 Å². The Morgan fingerprint density at radius 3 is 2.61 bits per heavy atom. The molecule has 0 aliphatic heterocycles. The van der Waals surface area contributed by atoms with Crippen LogP contribution in [0.5, 0.6) is 0 Å². The summed E-state index contributed by atoms with van der Waals surface area (Å²) in [6.45, 7) is 1.76. The molecule has 0 bridgehead atoms. The van der Waals surface area contributed by atoms with E-state index in [-0.39, 0.29) is 12.2 Å². The maximum atomic E-state index is 12.0. The summed E-state index contributed by atoms with van der Waals surface area (Å²) in [5, 5.41) is 8.93. The third-order valence-corrected chi connectivity index (χ3v) is 3.80. The topological polar surface area (TPSA) is 92.0 Å². The molecule has 1 fully saturated rings. The van der Waals surface area contributed by atoms with Gasteiger partial charge in [-0.05, 0) is 19.8 Å². The van der Waals surface area contributed by atoms with Gasteiger partial charge in [-0.2, -0.15) is 0 Å². The highest BCUT2D eigenvalue weighted by atomic mass is 16.3. The lowest BCUT2D eigenvalue weighted by Gasteiger charge is -2.32. The minimum atomic E-state index is -0.486. The fourth-order valence-corrected chi connectivity index (χ4v) is 2.67. The van der Waals surface area contributed by atoms with E-state index in [1.54, 1.807) is 6.92 Å². The summed E-state index contributed by atoms with van der Waals surface area (Å²) >= 11 is 0. The minimum absolute atomic E-state index is 0.0429. The summed E-state index contributed by atoms with van der Waals surface area (Å²) in [4.78, 5) is 19.2. The lowest BCUT2D eigenvalue weighted by Crippen LogP contribution is -2.42. The molecule has 18 heavy (non-hydrogen) atoms. The van der Waals surface area contributed by atoms with Gasteiger partial charge in [0.15, 0.2) is 0 Å². The van der Waals surface area contributed by atoms with Crippen LogP contribution in [0.15, 0.2) is 4.79 Å². The van der Waals surface area contributed by atoms with Crippen molar-refractivity contribution in [3.63, 3.8) is 0 Å². The molecule has 5 heteroatoms. The van der Waals surface area contributed by atoms with E-state index in [4.69, 9.17) is 10.8 Å². The van der Waals surface area contributed by atoms with Crippen LogP contribution in [-0.2, 0) is 12.0 Å². The number of aliphatic hydroxyl groups excluding tert-OH is 1. The first-order valence-electron chi connectivity index (χ1n) is 6.57. The molecule has 100 valence electrons. The van der Waals surface area contributed by atoms with E-state index in [0.29, 0.717) is 23.5 Å². The van der Waals surface area contributed by atoms with Gasteiger partial charge in [0, 0.05) is 24.3 Å². The summed E-state index contributed by atoms with van der Waals surface area (Å²) in [6, 6.07) is 0. The van der Waals surface area contributed by atoms with Crippen molar-refractivity contribution in [3.05, 3.63) is 27.4 Å². The number of nitrogens with zero attached hydrogens (tertiary/aromatic N) is 1. The number of aromatic nitrogens is 2. The average molecular weight is 251 g/mol. The monoisotopic (exact) mass is 251 g/mol. The van der Waals surface area contributed by atoms with Gasteiger partial charge in [-0.1, -0.05) is 19.3 Å². The Hall–Kier alpha value is -1.20. The van der Waals surface area contributed by atoms with Gasteiger partial charge in [0.25, 0.3) is 5.56 Å². The van der Waals surface area contributed by atoms with Gasteiger partial charge < -0.3 is 15.8 Å². The second-order valence-corrected chi connectivity index (χ2v) is 5.17. The van der Waals surface area contributed by atoms with Crippen LogP contribution in [0.25, 0.3) is 0 Å². The van der Waals surface area contributed by atoms with Gasteiger partial charge in [0.2, 0.25) is 0 Å². The van der Waals surface area contributed by atoms with E-state index >= 15 is 0 Å². The number of H-pyrrole nitrogens is 1. The summed E-state index contributed by atoms with van der Waals surface area (Å²) in [7, 11) is 0. The normalized spacial score (nSPS) is 18.8.